The van der Waals surface area contributed by atoms with Gasteiger partial charge in [0.15, 0.2) is 5.65 Å². The second-order valence-electron chi connectivity index (χ2n) is 5.36. The lowest BCUT2D eigenvalue weighted by atomic mass is 10.2. The first-order chi connectivity index (χ1) is 12.7. The molecule has 9 heteroatoms. The van der Waals surface area contributed by atoms with E-state index in [1.165, 1.54) is 0 Å². The summed E-state index contributed by atoms with van der Waals surface area (Å²) < 4.78 is 1.89. The van der Waals surface area contributed by atoms with Crippen LogP contribution in [0.5, 0.6) is 0 Å². The van der Waals surface area contributed by atoms with E-state index in [1.54, 1.807) is 60.6 Å². The van der Waals surface area contributed by atoms with Crippen LogP contribution in [0.25, 0.3) is 17.0 Å². The molecule has 4 aromatic rings. The maximum absolute atomic E-state index is 11.3. The van der Waals surface area contributed by atoms with Crippen molar-refractivity contribution in [1.29, 1.82) is 0 Å². The molecule has 1 aromatic carbocycles. The molecule has 3 N–H and O–H groups in total. The molecule has 3 heterocycles. The monoisotopic (exact) mass is 347 g/mol. The zero-order valence-electron chi connectivity index (χ0n) is 13.4. The summed E-state index contributed by atoms with van der Waals surface area (Å²) in [7, 11) is 0. The molecule has 26 heavy (non-hydrogen) atoms. The van der Waals surface area contributed by atoms with Crippen LogP contribution in [0.2, 0.25) is 0 Å². The largest absolute Gasteiger partial charge is 0.324 e. The van der Waals surface area contributed by atoms with Crippen LogP contribution >= 0.6 is 0 Å². The Bertz CT molecular complexity index is 1080. The molecule has 0 radical (unpaired) electrons. The number of nitrogens with zero attached hydrogens (tertiary/aromatic N) is 5. The molecule has 0 aliphatic rings. The van der Waals surface area contributed by atoms with Crippen molar-refractivity contribution in [3.8, 4) is 11.4 Å². The maximum atomic E-state index is 11.3. The van der Waals surface area contributed by atoms with Gasteiger partial charge in [-0.3, -0.25) is 19.4 Å². The summed E-state index contributed by atoms with van der Waals surface area (Å²) in [4.78, 5) is 28.4. The molecule has 0 spiro atoms. The first-order valence-electron chi connectivity index (χ1n) is 7.66. The van der Waals surface area contributed by atoms with Gasteiger partial charge in [0, 0.05) is 29.8 Å². The molecule has 128 valence electrons. The lowest BCUT2D eigenvalue weighted by Gasteiger charge is -2.07. The Balaban J connectivity index is 1.61. The fourth-order valence-corrected chi connectivity index (χ4v) is 2.49. The highest BCUT2D eigenvalue weighted by Crippen LogP contribution is 2.20. The molecular weight excluding hydrogens is 334 g/mol. The fraction of sp³-hybridized carbons (Fsp3) is 0. The number of amides is 1. The smallest absolute Gasteiger partial charge is 0.274 e. The van der Waals surface area contributed by atoms with E-state index in [4.69, 9.17) is 5.21 Å². The molecular formula is C17H13N7O2. The number of anilines is 2. The van der Waals surface area contributed by atoms with E-state index < -0.39 is 5.91 Å². The van der Waals surface area contributed by atoms with Crippen LogP contribution in [-0.4, -0.2) is 35.5 Å². The van der Waals surface area contributed by atoms with Gasteiger partial charge in [0.05, 0.1) is 23.8 Å². The van der Waals surface area contributed by atoms with Gasteiger partial charge in [0.2, 0.25) is 5.95 Å². The van der Waals surface area contributed by atoms with Gasteiger partial charge >= 0.3 is 0 Å². The quantitative estimate of drug-likeness (QED) is 0.382. The SMILES string of the molecule is O=C(NO)c1ccc(Nc2nccc(-c3cnc4cnccn34)n2)cc1. The highest BCUT2D eigenvalue weighted by atomic mass is 16.5. The molecule has 0 bridgehead atoms. The Morgan fingerprint density at radius 1 is 1.04 bits per heavy atom. The third-order valence-corrected chi connectivity index (χ3v) is 3.74. The number of aromatic nitrogens is 5. The lowest BCUT2D eigenvalue weighted by molar-refractivity contribution is 0.0706. The van der Waals surface area contributed by atoms with E-state index in [0.29, 0.717) is 22.9 Å². The summed E-state index contributed by atoms with van der Waals surface area (Å²) in [5.74, 6) is -0.164. The average molecular weight is 347 g/mol. The highest BCUT2D eigenvalue weighted by Gasteiger charge is 2.09. The number of imidazole rings is 1. The van der Waals surface area contributed by atoms with Gasteiger partial charge in [0.1, 0.15) is 0 Å². The number of carbonyl (C=O) groups is 1. The van der Waals surface area contributed by atoms with Crippen molar-refractivity contribution in [3.63, 3.8) is 0 Å². The van der Waals surface area contributed by atoms with Crippen molar-refractivity contribution in [2.24, 2.45) is 0 Å². The average Bonchev–Trinajstić information content (AvgIpc) is 3.12. The zero-order valence-corrected chi connectivity index (χ0v) is 13.4. The molecule has 0 saturated heterocycles. The van der Waals surface area contributed by atoms with Crippen LogP contribution in [0.1, 0.15) is 10.4 Å². The van der Waals surface area contributed by atoms with E-state index in [1.807, 2.05) is 10.6 Å². The Morgan fingerprint density at radius 2 is 1.88 bits per heavy atom. The van der Waals surface area contributed by atoms with E-state index in [2.05, 4.69) is 25.3 Å². The Hall–Kier alpha value is -3.85. The zero-order chi connectivity index (χ0) is 17.9. The Kier molecular flexibility index (Phi) is 3.96. The number of benzene rings is 1. The number of rotatable bonds is 4. The second kappa shape index (κ2) is 6.57. The topological polar surface area (TPSA) is 117 Å². The second-order valence-corrected chi connectivity index (χ2v) is 5.36. The summed E-state index contributed by atoms with van der Waals surface area (Å²) in [6.07, 6.45) is 8.55. The fourth-order valence-electron chi connectivity index (χ4n) is 2.49. The van der Waals surface area contributed by atoms with E-state index in [9.17, 15) is 4.79 Å². The van der Waals surface area contributed by atoms with Gasteiger partial charge in [-0.15, -0.1) is 0 Å². The minimum atomic E-state index is -0.572. The summed E-state index contributed by atoms with van der Waals surface area (Å²) in [5, 5.41) is 11.7. The number of hydrogen-bond acceptors (Lipinski definition) is 7. The highest BCUT2D eigenvalue weighted by molar-refractivity contribution is 5.93. The molecule has 0 aliphatic carbocycles. The van der Waals surface area contributed by atoms with Crippen LogP contribution < -0.4 is 10.8 Å². The van der Waals surface area contributed by atoms with Crippen LogP contribution in [0.4, 0.5) is 11.6 Å². The first kappa shape index (κ1) is 15.7. The molecule has 3 aromatic heterocycles. The van der Waals surface area contributed by atoms with Crippen molar-refractivity contribution < 1.29 is 10.0 Å². The molecule has 0 fully saturated rings. The minimum absolute atomic E-state index is 0.340. The van der Waals surface area contributed by atoms with E-state index in [0.717, 1.165) is 11.3 Å². The Morgan fingerprint density at radius 3 is 2.69 bits per heavy atom. The number of fused-ring (bicyclic) bond motifs is 1. The van der Waals surface area contributed by atoms with Crippen LogP contribution in [0, 0.1) is 0 Å². The first-order valence-corrected chi connectivity index (χ1v) is 7.66. The van der Waals surface area contributed by atoms with Crippen molar-refractivity contribution in [3.05, 3.63) is 66.9 Å². The number of hydrogen-bond donors (Lipinski definition) is 3. The van der Waals surface area contributed by atoms with Crippen molar-refractivity contribution in [2.75, 3.05) is 5.32 Å². The van der Waals surface area contributed by atoms with Gasteiger partial charge in [-0.2, -0.15) is 0 Å². The molecule has 4 rings (SSSR count). The van der Waals surface area contributed by atoms with E-state index in [-0.39, 0.29) is 0 Å². The van der Waals surface area contributed by atoms with Crippen LogP contribution in [0.15, 0.2) is 61.3 Å². The number of carbonyl (C=O) groups excluding carboxylic acids is 1. The van der Waals surface area contributed by atoms with Crippen molar-refractivity contribution in [1.82, 2.24) is 29.8 Å². The molecule has 1 amide bonds. The van der Waals surface area contributed by atoms with Gasteiger partial charge in [-0.25, -0.2) is 20.4 Å². The summed E-state index contributed by atoms with van der Waals surface area (Å²) in [6.45, 7) is 0. The normalized spacial score (nSPS) is 10.7. The lowest BCUT2D eigenvalue weighted by Crippen LogP contribution is -2.18. The third kappa shape index (κ3) is 2.94. The molecule has 9 nitrogen and oxygen atoms in total. The summed E-state index contributed by atoms with van der Waals surface area (Å²) in [5.41, 5.74) is 4.90. The van der Waals surface area contributed by atoms with Crippen molar-refractivity contribution in [2.45, 2.75) is 0 Å². The van der Waals surface area contributed by atoms with Gasteiger partial charge < -0.3 is 5.32 Å². The van der Waals surface area contributed by atoms with Gasteiger partial charge in [-0.1, -0.05) is 0 Å². The molecule has 0 atom stereocenters. The molecule has 0 aliphatic heterocycles. The molecule has 0 saturated carbocycles. The third-order valence-electron chi connectivity index (χ3n) is 3.74. The predicted molar refractivity (Wildman–Crippen MR) is 93.0 cm³/mol. The van der Waals surface area contributed by atoms with Crippen molar-refractivity contribution >= 4 is 23.2 Å². The number of nitrogens with one attached hydrogen (secondary N) is 2. The standard InChI is InChI=1S/C17H13N7O2/c25-16(23-26)11-1-3-12(4-2-11)21-17-19-6-5-13(22-17)14-9-20-15-10-18-7-8-24(14)15/h1-10,26H,(H,23,25)(H,19,21,22). The summed E-state index contributed by atoms with van der Waals surface area (Å²) in [6, 6.07) is 8.34. The van der Waals surface area contributed by atoms with Crippen LogP contribution in [-0.2, 0) is 0 Å². The van der Waals surface area contributed by atoms with Gasteiger partial charge in [0.25, 0.3) is 5.91 Å². The van der Waals surface area contributed by atoms with Gasteiger partial charge in [-0.05, 0) is 30.3 Å². The van der Waals surface area contributed by atoms with E-state index >= 15 is 0 Å². The number of hydroxylamine groups is 1. The Labute approximate surface area is 147 Å². The maximum Gasteiger partial charge on any atom is 0.274 e. The van der Waals surface area contributed by atoms with Crippen LogP contribution in [0.3, 0.4) is 0 Å². The predicted octanol–water partition coefficient (Wildman–Crippen LogP) is 2.05. The minimum Gasteiger partial charge on any atom is -0.324 e. The summed E-state index contributed by atoms with van der Waals surface area (Å²) >= 11 is 0. The molecule has 0 unspecified atom stereocenters.